The Hall–Kier alpha value is -1.74. The number of amides is 1. The lowest BCUT2D eigenvalue weighted by molar-refractivity contribution is 0.0760. The van der Waals surface area contributed by atoms with Gasteiger partial charge in [-0.05, 0) is 44.0 Å². The molecule has 2 nitrogen and oxygen atoms in total. The van der Waals surface area contributed by atoms with Crippen LogP contribution in [0.2, 0.25) is 0 Å². The van der Waals surface area contributed by atoms with Crippen LogP contribution in [0.25, 0.3) is 0 Å². The van der Waals surface area contributed by atoms with Gasteiger partial charge in [0.15, 0.2) is 0 Å². The molecule has 2 aromatic carbocycles. The normalized spacial score (nSPS) is 17.8. The van der Waals surface area contributed by atoms with Crippen molar-refractivity contribution in [2.45, 2.75) is 26.1 Å². The average molecular weight is 311 g/mol. The van der Waals surface area contributed by atoms with Crippen molar-refractivity contribution in [3.63, 3.8) is 0 Å². The van der Waals surface area contributed by atoms with E-state index in [-0.39, 0.29) is 11.3 Å². The summed E-state index contributed by atoms with van der Waals surface area (Å²) < 4.78 is 0. The van der Waals surface area contributed by atoms with Crippen molar-refractivity contribution in [2.24, 2.45) is 0 Å². The Bertz CT molecular complexity index is 693. The maximum absolute atomic E-state index is 12.8. The lowest BCUT2D eigenvalue weighted by Gasteiger charge is -2.25. The minimum absolute atomic E-state index is 0.134. The fraction of sp³-hybridized carbons (Fsp3) is 0.316. The SMILES string of the molecule is Cc1ccc(C(=O)N2CCSC2c2ccc(C)cc2C)cc1. The van der Waals surface area contributed by atoms with Gasteiger partial charge in [0.2, 0.25) is 0 Å². The minimum atomic E-state index is 0.134. The first-order chi connectivity index (χ1) is 10.6. The van der Waals surface area contributed by atoms with E-state index in [2.05, 4.69) is 32.0 Å². The molecule has 0 bridgehead atoms. The molecule has 1 saturated heterocycles. The van der Waals surface area contributed by atoms with E-state index in [1.807, 2.05) is 47.9 Å². The highest BCUT2D eigenvalue weighted by Gasteiger charge is 2.31. The first kappa shape index (κ1) is 15.2. The first-order valence-electron chi connectivity index (χ1n) is 7.62. The highest BCUT2D eigenvalue weighted by atomic mass is 32.2. The zero-order valence-corrected chi connectivity index (χ0v) is 14.1. The third kappa shape index (κ3) is 2.91. The molecule has 1 atom stereocenters. The van der Waals surface area contributed by atoms with Gasteiger partial charge in [0.1, 0.15) is 5.37 Å². The second-order valence-corrected chi connectivity index (χ2v) is 7.14. The monoisotopic (exact) mass is 311 g/mol. The van der Waals surface area contributed by atoms with E-state index in [1.165, 1.54) is 22.3 Å². The van der Waals surface area contributed by atoms with E-state index in [4.69, 9.17) is 0 Å². The molecule has 0 N–H and O–H groups in total. The van der Waals surface area contributed by atoms with Gasteiger partial charge in [0.25, 0.3) is 5.91 Å². The zero-order valence-electron chi connectivity index (χ0n) is 13.3. The van der Waals surface area contributed by atoms with E-state index < -0.39 is 0 Å². The maximum Gasteiger partial charge on any atom is 0.255 e. The van der Waals surface area contributed by atoms with Crippen LogP contribution < -0.4 is 0 Å². The molecule has 0 radical (unpaired) electrons. The molecular formula is C19H21NOS. The van der Waals surface area contributed by atoms with Gasteiger partial charge in [0.05, 0.1) is 0 Å². The van der Waals surface area contributed by atoms with Crippen LogP contribution in [0.15, 0.2) is 42.5 Å². The standard InChI is InChI=1S/C19H21NOS/c1-13-4-7-16(8-5-13)18(21)20-10-11-22-19(20)17-9-6-14(2)12-15(17)3/h4-9,12,19H,10-11H2,1-3H3. The Morgan fingerprint density at radius 1 is 1.05 bits per heavy atom. The summed E-state index contributed by atoms with van der Waals surface area (Å²) in [6, 6.07) is 14.4. The third-order valence-electron chi connectivity index (χ3n) is 4.14. The minimum Gasteiger partial charge on any atom is -0.322 e. The van der Waals surface area contributed by atoms with E-state index in [9.17, 15) is 4.79 Å². The van der Waals surface area contributed by atoms with Crippen molar-refractivity contribution in [1.82, 2.24) is 4.90 Å². The summed E-state index contributed by atoms with van der Waals surface area (Å²) in [6.45, 7) is 7.09. The quantitative estimate of drug-likeness (QED) is 0.814. The molecule has 1 heterocycles. The van der Waals surface area contributed by atoms with E-state index in [0.29, 0.717) is 0 Å². The lowest BCUT2D eigenvalue weighted by atomic mass is 10.0. The predicted molar refractivity (Wildman–Crippen MR) is 93.3 cm³/mol. The van der Waals surface area contributed by atoms with Crippen molar-refractivity contribution < 1.29 is 4.79 Å². The van der Waals surface area contributed by atoms with Crippen LogP contribution >= 0.6 is 11.8 Å². The van der Waals surface area contributed by atoms with Gasteiger partial charge in [-0.15, -0.1) is 11.8 Å². The highest BCUT2D eigenvalue weighted by molar-refractivity contribution is 7.99. The molecular weight excluding hydrogens is 290 g/mol. The Balaban J connectivity index is 1.89. The fourth-order valence-electron chi connectivity index (χ4n) is 2.90. The maximum atomic E-state index is 12.8. The summed E-state index contributed by atoms with van der Waals surface area (Å²) >= 11 is 1.85. The molecule has 2 aromatic rings. The number of hydrogen-bond donors (Lipinski definition) is 0. The molecule has 3 heteroatoms. The van der Waals surface area contributed by atoms with Crippen molar-refractivity contribution in [3.8, 4) is 0 Å². The van der Waals surface area contributed by atoms with Crippen molar-refractivity contribution in [1.29, 1.82) is 0 Å². The topological polar surface area (TPSA) is 20.3 Å². The second kappa shape index (κ2) is 6.17. The molecule has 0 aromatic heterocycles. The number of hydrogen-bond acceptors (Lipinski definition) is 2. The molecule has 22 heavy (non-hydrogen) atoms. The van der Waals surface area contributed by atoms with Crippen molar-refractivity contribution in [2.75, 3.05) is 12.3 Å². The summed E-state index contributed by atoms with van der Waals surface area (Å²) in [5.74, 6) is 1.13. The van der Waals surface area contributed by atoms with Crippen LogP contribution in [0.3, 0.4) is 0 Å². The van der Waals surface area contributed by atoms with Gasteiger partial charge in [-0.1, -0.05) is 41.5 Å². The van der Waals surface area contributed by atoms with Gasteiger partial charge < -0.3 is 4.90 Å². The lowest BCUT2D eigenvalue weighted by Crippen LogP contribution is -2.30. The van der Waals surface area contributed by atoms with Gasteiger partial charge in [-0.25, -0.2) is 0 Å². The predicted octanol–water partition coefficient (Wildman–Crippen LogP) is 4.50. The van der Waals surface area contributed by atoms with Crippen LogP contribution in [0, 0.1) is 20.8 Å². The number of carbonyl (C=O) groups excluding carboxylic acids is 1. The first-order valence-corrected chi connectivity index (χ1v) is 8.67. The molecule has 0 saturated carbocycles. The smallest absolute Gasteiger partial charge is 0.255 e. The number of benzene rings is 2. The second-order valence-electron chi connectivity index (χ2n) is 5.95. The zero-order chi connectivity index (χ0) is 15.7. The van der Waals surface area contributed by atoms with Gasteiger partial charge in [-0.2, -0.15) is 0 Å². The van der Waals surface area contributed by atoms with E-state index in [0.717, 1.165) is 17.9 Å². The highest BCUT2D eigenvalue weighted by Crippen LogP contribution is 2.40. The molecule has 0 spiro atoms. The summed E-state index contributed by atoms with van der Waals surface area (Å²) in [7, 11) is 0. The average Bonchev–Trinajstić information content (AvgIpc) is 2.96. The summed E-state index contributed by atoms with van der Waals surface area (Å²) in [5.41, 5.74) is 5.75. The van der Waals surface area contributed by atoms with Gasteiger partial charge in [-0.3, -0.25) is 4.79 Å². The Morgan fingerprint density at radius 3 is 2.41 bits per heavy atom. The summed E-state index contributed by atoms with van der Waals surface area (Å²) in [4.78, 5) is 14.8. The number of thioether (sulfide) groups is 1. The largest absolute Gasteiger partial charge is 0.322 e. The number of rotatable bonds is 2. The molecule has 1 aliphatic heterocycles. The number of carbonyl (C=O) groups is 1. The van der Waals surface area contributed by atoms with E-state index in [1.54, 1.807) is 0 Å². The van der Waals surface area contributed by atoms with Crippen LogP contribution in [0.5, 0.6) is 0 Å². The number of nitrogens with zero attached hydrogens (tertiary/aromatic N) is 1. The molecule has 1 fully saturated rings. The fourth-order valence-corrected chi connectivity index (χ4v) is 4.25. The van der Waals surface area contributed by atoms with Crippen LogP contribution in [0.1, 0.15) is 38.0 Å². The summed E-state index contributed by atoms with van der Waals surface area (Å²) in [5, 5.41) is 0.134. The number of aryl methyl sites for hydroxylation is 3. The Kier molecular flexibility index (Phi) is 4.25. The molecule has 1 aliphatic rings. The molecule has 0 aliphatic carbocycles. The Labute approximate surface area is 136 Å². The van der Waals surface area contributed by atoms with Crippen LogP contribution in [-0.4, -0.2) is 23.1 Å². The molecule has 3 rings (SSSR count). The third-order valence-corrected chi connectivity index (χ3v) is 5.38. The molecule has 114 valence electrons. The van der Waals surface area contributed by atoms with Crippen LogP contribution in [0.4, 0.5) is 0 Å². The molecule has 1 amide bonds. The van der Waals surface area contributed by atoms with Gasteiger partial charge in [0, 0.05) is 17.9 Å². The molecule has 1 unspecified atom stereocenters. The summed E-state index contributed by atoms with van der Waals surface area (Å²) in [6.07, 6.45) is 0. The van der Waals surface area contributed by atoms with Gasteiger partial charge >= 0.3 is 0 Å². The van der Waals surface area contributed by atoms with Crippen LogP contribution in [-0.2, 0) is 0 Å². The van der Waals surface area contributed by atoms with E-state index >= 15 is 0 Å². The van der Waals surface area contributed by atoms with Crippen molar-refractivity contribution >= 4 is 17.7 Å². The van der Waals surface area contributed by atoms with Crippen molar-refractivity contribution in [3.05, 3.63) is 70.3 Å². The Morgan fingerprint density at radius 2 is 1.73 bits per heavy atom.